The number of rotatable bonds is 0. The van der Waals surface area contributed by atoms with Gasteiger partial charge in [-0.15, -0.1) is 0 Å². The van der Waals surface area contributed by atoms with Gasteiger partial charge in [0, 0.05) is 30.7 Å². The van der Waals surface area contributed by atoms with Crippen molar-refractivity contribution in [2.75, 3.05) is 18.5 Å². The van der Waals surface area contributed by atoms with Gasteiger partial charge in [0.2, 0.25) is 11.8 Å². The van der Waals surface area contributed by atoms with E-state index in [4.69, 9.17) is 23.8 Å². The normalized spacial score (nSPS) is 29.7. The number of nitrogens with zero attached hydrogens (tertiary/aromatic N) is 2. The Bertz CT molecular complexity index is 753. The van der Waals surface area contributed by atoms with Gasteiger partial charge in [-0.05, 0) is 42.8 Å². The van der Waals surface area contributed by atoms with Crippen LogP contribution >= 0.6 is 23.8 Å². The molecule has 23 heavy (non-hydrogen) atoms. The van der Waals surface area contributed by atoms with Crippen LogP contribution in [0.1, 0.15) is 18.4 Å². The molecule has 0 aromatic heterocycles. The highest BCUT2D eigenvalue weighted by atomic mass is 35.5. The third kappa shape index (κ3) is 1.82. The van der Waals surface area contributed by atoms with E-state index in [1.807, 2.05) is 18.2 Å². The van der Waals surface area contributed by atoms with E-state index in [9.17, 15) is 9.59 Å². The molecule has 7 heteroatoms. The third-order valence-corrected chi connectivity index (χ3v) is 6.03. The summed E-state index contributed by atoms with van der Waals surface area (Å²) in [4.78, 5) is 29.5. The summed E-state index contributed by atoms with van der Waals surface area (Å²) in [6.45, 7) is 0.828. The van der Waals surface area contributed by atoms with Gasteiger partial charge in [-0.25, -0.2) is 0 Å². The maximum atomic E-state index is 13.1. The van der Waals surface area contributed by atoms with Gasteiger partial charge in [0.1, 0.15) is 0 Å². The predicted octanol–water partition coefficient (Wildman–Crippen LogP) is 1.72. The second kappa shape index (κ2) is 4.92. The number of hydrogen-bond donors (Lipinski definition) is 1. The number of amides is 2. The summed E-state index contributed by atoms with van der Waals surface area (Å²) in [6, 6.07) is 5.60. The molecule has 2 atom stereocenters. The molecule has 0 unspecified atom stereocenters. The molecule has 2 saturated heterocycles. The van der Waals surface area contributed by atoms with Crippen LogP contribution in [-0.2, 0) is 16.0 Å². The lowest BCUT2D eigenvalue weighted by atomic mass is 9.68. The Hall–Kier alpha value is -1.66. The van der Waals surface area contributed by atoms with Crippen molar-refractivity contribution in [2.45, 2.75) is 25.3 Å². The highest BCUT2D eigenvalue weighted by molar-refractivity contribution is 7.80. The standard InChI is InChI=1S/C16H16ClN3O2S/c1-19-14(22)16(13(21)18-15(19)23)8-9-10(17)4-2-5-11(9)20-7-3-6-12(16)20/h2,4-5,12H,3,6-8H2,1H3,(H,18,21,23)/t12-,16+/m1/s1. The number of fused-ring (bicyclic) bond motifs is 4. The van der Waals surface area contributed by atoms with Gasteiger partial charge in [0.05, 0.1) is 6.04 Å². The summed E-state index contributed by atoms with van der Waals surface area (Å²) < 4.78 is 0. The molecule has 3 aliphatic rings. The molecule has 1 N–H and O–H groups in total. The van der Waals surface area contributed by atoms with Gasteiger partial charge >= 0.3 is 0 Å². The summed E-state index contributed by atoms with van der Waals surface area (Å²) >= 11 is 11.5. The van der Waals surface area contributed by atoms with E-state index in [1.54, 1.807) is 7.05 Å². The molecule has 0 radical (unpaired) electrons. The van der Waals surface area contributed by atoms with Gasteiger partial charge in [0.15, 0.2) is 10.5 Å². The molecule has 3 aliphatic heterocycles. The first kappa shape index (κ1) is 14.9. The maximum absolute atomic E-state index is 13.1. The van der Waals surface area contributed by atoms with Crippen LogP contribution in [-0.4, -0.2) is 41.5 Å². The lowest BCUT2D eigenvalue weighted by Gasteiger charge is -2.49. The lowest BCUT2D eigenvalue weighted by molar-refractivity contribution is -0.151. The predicted molar refractivity (Wildman–Crippen MR) is 91.5 cm³/mol. The molecule has 1 spiro atoms. The van der Waals surface area contributed by atoms with E-state index in [1.165, 1.54) is 4.90 Å². The summed E-state index contributed by atoms with van der Waals surface area (Å²) in [5.74, 6) is -0.526. The van der Waals surface area contributed by atoms with Crippen LogP contribution in [0.5, 0.6) is 0 Å². The van der Waals surface area contributed by atoms with E-state index >= 15 is 0 Å². The SMILES string of the molecule is CN1C(=O)[C@]2(Cc3c(Cl)cccc3N3CCC[C@@H]32)C(=O)NC1=S. The van der Waals surface area contributed by atoms with Crippen LogP contribution in [0, 0.1) is 5.41 Å². The van der Waals surface area contributed by atoms with Crippen molar-refractivity contribution in [1.29, 1.82) is 0 Å². The van der Waals surface area contributed by atoms with Crippen molar-refractivity contribution in [3.8, 4) is 0 Å². The molecule has 5 nitrogen and oxygen atoms in total. The third-order valence-electron chi connectivity index (χ3n) is 5.30. The first-order valence-corrected chi connectivity index (χ1v) is 8.43. The molecular weight excluding hydrogens is 334 g/mol. The number of thiocarbonyl (C=S) groups is 1. The Labute approximate surface area is 144 Å². The van der Waals surface area contributed by atoms with E-state index in [2.05, 4.69) is 10.2 Å². The zero-order valence-electron chi connectivity index (χ0n) is 12.6. The molecule has 1 aromatic rings. The topological polar surface area (TPSA) is 52.7 Å². The number of hydrogen-bond acceptors (Lipinski definition) is 4. The molecule has 0 bridgehead atoms. The van der Waals surface area contributed by atoms with Gasteiger partial charge in [0.25, 0.3) is 0 Å². The molecule has 1 aromatic carbocycles. The summed E-state index contributed by atoms with van der Waals surface area (Å²) in [7, 11) is 1.62. The van der Waals surface area contributed by atoms with Crippen LogP contribution in [0.15, 0.2) is 18.2 Å². The Kier molecular flexibility index (Phi) is 3.19. The Morgan fingerprint density at radius 3 is 2.96 bits per heavy atom. The van der Waals surface area contributed by atoms with Crippen molar-refractivity contribution in [2.24, 2.45) is 5.41 Å². The largest absolute Gasteiger partial charge is 0.367 e. The first-order chi connectivity index (χ1) is 11.0. The van der Waals surface area contributed by atoms with Gasteiger partial charge in [-0.3, -0.25) is 14.5 Å². The number of carbonyl (C=O) groups excluding carboxylic acids is 2. The lowest BCUT2D eigenvalue weighted by Crippen LogP contribution is -2.70. The van der Waals surface area contributed by atoms with Crippen LogP contribution in [0.2, 0.25) is 5.02 Å². The fraction of sp³-hybridized carbons (Fsp3) is 0.438. The van der Waals surface area contributed by atoms with E-state index in [0.717, 1.165) is 30.6 Å². The second-order valence-electron chi connectivity index (χ2n) is 6.36. The number of benzene rings is 1. The van der Waals surface area contributed by atoms with Crippen molar-refractivity contribution < 1.29 is 9.59 Å². The molecule has 0 saturated carbocycles. The smallest absolute Gasteiger partial charge is 0.246 e. The van der Waals surface area contributed by atoms with Crippen molar-refractivity contribution in [3.63, 3.8) is 0 Å². The monoisotopic (exact) mass is 349 g/mol. The van der Waals surface area contributed by atoms with Gasteiger partial charge < -0.3 is 10.2 Å². The zero-order chi connectivity index (χ0) is 16.4. The van der Waals surface area contributed by atoms with Crippen LogP contribution in [0.3, 0.4) is 0 Å². The molecule has 0 aliphatic carbocycles. The fourth-order valence-corrected chi connectivity index (χ4v) is 4.60. The van der Waals surface area contributed by atoms with E-state index in [-0.39, 0.29) is 23.0 Å². The average Bonchev–Trinajstić information content (AvgIpc) is 3.02. The molecular formula is C16H16ClN3O2S. The minimum Gasteiger partial charge on any atom is -0.367 e. The summed E-state index contributed by atoms with van der Waals surface area (Å²) in [6.07, 6.45) is 2.08. The highest BCUT2D eigenvalue weighted by Gasteiger charge is 2.61. The van der Waals surface area contributed by atoms with Gasteiger partial charge in [-0.1, -0.05) is 17.7 Å². The molecule has 2 amide bonds. The molecule has 2 fully saturated rings. The summed E-state index contributed by atoms with van der Waals surface area (Å²) in [5, 5.41) is 3.48. The Morgan fingerprint density at radius 2 is 2.17 bits per heavy atom. The van der Waals surface area contributed by atoms with E-state index in [0.29, 0.717) is 11.4 Å². The molecule has 120 valence electrons. The van der Waals surface area contributed by atoms with Crippen LogP contribution in [0.4, 0.5) is 5.69 Å². The number of anilines is 1. The minimum atomic E-state index is -1.15. The summed E-state index contributed by atoms with van der Waals surface area (Å²) in [5.41, 5.74) is 0.769. The maximum Gasteiger partial charge on any atom is 0.246 e. The quantitative estimate of drug-likeness (QED) is 0.572. The van der Waals surface area contributed by atoms with Crippen molar-refractivity contribution >= 4 is 46.4 Å². The first-order valence-electron chi connectivity index (χ1n) is 7.64. The highest BCUT2D eigenvalue weighted by Crippen LogP contribution is 2.49. The second-order valence-corrected chi connectivity index (χ2v) is 7.15. The van der Waals surface area contributed by atoms with Crippen molar-refractivity contribution in [1.82, 2.24) is 10.2 Å². The van der Waals surface area contributed by atoms with Crippen LogP contribution in [0.25, 0.3) is 0 Å². The average molecular weight is 350 g/mol. The molecule has 3 heterocycles. The zero-order valence-corrected chi connectivity index (χ0v) is 14.2. The van der Waals surface area contributed by atoms with Gasteiger partial charge in [-0.2, -0.15) is 0 Å². The Balaban J connectivity index is 1.92. The fourth-order valence-electron chi connectivity index (χ4n) is 4.19. The minimum absolute atomic E-state index is 0.147. The van der Waals surface area contributed by atoms with E-state index < -0.39 is 5.41 Å². The number of halogens is 1. The van der Waals surface area contributed by atoms with Crippen LogP contribution < -0.4 is 10.2 Å². The number of carbonyl (C=O) groups is 2. The number of nitrogens with one attached hydrogen (secondary N) is 1. The molecule has 4 rings (SSSR count). The van der Waals surface area contributed by atoms with Crippen molar-refractivity contribution in [3.05, 3.63) is 28.8 Å². The Morgan fingerprint density at radius 1 is 1.39 bits per heavy atom.